The van der Waals surface area contributed by atoms with Gasteiger partial charge in [-0.15, -0.1) is 0 Å². The summed E-state index contributed by atoms with van der Waals surface area (Å²) in [7, 11) is -2.28. The first-order chi connectivity index (χ1) is 15.4. The molecule has 32 heavy (non-hydrogen) atoms. The first-order valence-electron chi connectivity index (χ1n) is 10.5. The predicted molar refractivity (Wildman–Crippen MR) is 120 cm³/mol. The van der Waals surface area contributed by atoms with Crippen molar-refractivity contribution in [3.63, 3.8) is 0 Å². The van der Waals surface area contributed by atoms with Crippen molar-refractivity contribution >= 4 is 26.7 Å². The second kappa shape index (κ2) is 9.26. The molecule has 6 nitrogen and oxygen atoms in total. The maximum Gasteiger partial charge on any atom is 0.245 e. The van der Waals surface area contributed by atoms with E-state index in [1.54, 1.807) is 7.11 Å². The van der Waals surface area contributed by atoms with Crippen molar-refractivity contribution in [1.82, 2.24) is 9.62 Å². The number of hydrogen-bond acceptors (Lipinski definition) is 4. The third-order valence-corrected chi connectivity index (χ3v) is 7.79. The normalized spacial score (nSPS) is 15.6. The molecule has 3 aromatic carbocycles. The largest absolute Gasteiger partial charge is 0.497 e. The number of halogens is 1. The topological polar surface area (TPSA) is 75.7 Å². The highest BCUT2D eigenvalue weighted by Gasteiger charge is 2.33. The maximum absolute atomic E-state index is 14.0. The van der Waals surface area contributed by atoms with E-state index in [4.69, 9.17) is 4.74 Å². The lowest BCUT2D eigenvalue weighted by Gasteiger charge is -2.30. The number of amides is 1. The summed E-state index contributed by atoms with van der Waals surface area (Å²) in [6, 6.07) is 17.2. The summed E-state index contributed by atoms with van der Waals surface area (Å²) in [6.07, 6.45) is 0.800. The van der Waals surface area contributed by atoms with Crippen molar-refractivity contribution in [3.8, 4) is 5.75 Å². The van der Waals surface area contributed by atoms with Gasteiger partial charge in [-0.2, -0.15) is 4.31 Å². The Labute approximate surface area is 187 Å². The monoisotopic (exact) mass is 456 g/mol. The molecule has 0 spiro atoms. The van der Waals surface area contributed by atoms with Crippen molar-refractivity contribution < 1.29 is 22.3 Å². The second-order valence-electron chi connectivity index (χ2n) is 7.87. The number of piperidine rings is 1. The number of hydrogen-bond donors (Lipinski definition) is 1. The number of carbonyl (C=O) groups is 1. The van der Waals surface area contributed by atoms with Gasteiger partial charge in [-0.25, -0.2) is 12.8 Å². The summed E-state index contributed by atoms with van der Waals surface area (Å²) >= 11 is 0. The minimum Gasteiger partial charge on any atom is -0.497 e. The van der Waals surface area contributed by atoms with Crippen LogP contribution in [0.15, 0.2) is 65.6 Å². The molecule has 1 saturated heterocycles. The van der Waals surface area contributed by atoms with Crippen LogP contribution in [0.4, 0.5) is 4.39 Å². The van der Waals surface area contributed by atoms with Crippen LogP contribution in [0, 0.1) is 11.7 Å². The summed E-state index contributed by atoms with van der Waals surface area (Å²) in [5.41, 5.74) is 0.982. The van der Waals surface area contributed by atoms with Gasteiger partial charge in [-0.05, 0) is 59.5 Å². The number of ether oxygens (including phenoxy) is 1. The molecular weight excluding hydrogens is 431 g/mol. The van der Waals surface area contributed by atoms with Crippen molar-refractivity contribution in [2.45, 2.75) is 24.3 Å². The molecule has 3 aromatic rings. The fourth-order valence-corrected chi connectivity index (χ4v) is 5.53. The maximum atomic E-state index is 14.0. The number of nitrogens with one attached hydrogen (secondary N) is 1. The van der Waals surface area contributed by atoms with E-state index in [9.17, 15) is 17.6 Å². The lowest BCUT2D eigenvalue weighted by molar-refractivity contribution is -0.126. The minimum absolute atomic E-state index is 0.0947. The smallest absolute Gasteiger partial charge is 0.245 e. The summed E-state index contributed by atoms with van der Waals surface area (Å²) in [6.45, 7) is 0.771. The molecule has 168 valence electrons. The number of carbonyl (C=O) groups excluding carboxylic acids is 1. The van der Waals surface area contributed by atoms with Crippen LogP contribution in [-0.2, 0) is 21.4 Å². The molecule has 1 fully saturated rings. The Morgan fingerprint density at radius 2 is 1.75 bits per heavy atom. The molecule has 0 aromatic heterocycles. The van der Waals surface area contributed by atoms with Gasteiger partial charge in [0.15, 0.2) is 0 Å². The Morgan fingerprint density at radius 3 is 2.47 bits per heavy atom. The van der Waals surface area contributed by atoms with Crippen molar-refractivity contribution in [2.75, 3.05) is 20.2 Å². The second-order valence-corrected chi connectivity index (χ2v) is 9.78. The lowest BCUT2D eigenvalue weighted by Crippen LogP contribution is -2.43. The van der Waals surface area contributed by atoms with Crippen LogP contribution in [0.2, 0.25) is 0 Å². The Kier molecular flexibility index (Phi) is 6.43. The summed E-state index contributed by atoms with van der Waals surface area (Å²) < 4.78 is 45.9. The van der Waals surface area contributed by atoms with Crippen LogP contribution >= 0.6 is 0 Å². The zero-order valence-corrected chi connectivity index (χ0v) is 18.6. The van der Waals surface area contributed by atoms with Crippen molar-refractivity contribution in [2.24, 2.45) is 5.92 Å². The number of sulfonamides is 1. The van der Waals surface area contributed by atoms with Gasteiger partial charge >= 0.3 is 0 Å². The third kappa shape index (κ3) is 4.61. The Bertz CT molecular complexity index is 1240. The molecule has 1 heterocycles. The van der Waals surface area contributed by atoms with E-state index >= 15 is 0 Å². The molecule has 0 saturated carbocycles. The van der Waals surface area contributed by atoms with Crippen LogP contribution in [-0.4, -0.2) is 38.8 Å². The highest BCUT2D eigenvalue weighted by molar-refractivity contribution is 7.89. The molecule has 0 radical (unpaired) electrons. The standard InChI is InChI=1S/C24H25FN2O4S/c1-31-21-9-8-19-14-17(6-7-20(19)15-21)16-26-24(28)18-10-12-27(13-11-18)32(29,30)23-5-3-2-4-22(23)25/h2-9,14-15,18H,10-13,16H2,1H3,(H,26,28). The summed E-state index contributed by atoms with van der Waals surface area (Å²) in [5.74, 6) is -0.335. The van der Waals surface area contributed by atoms with E-state index in [-0.39, 0.29) is 29.8 Å². The molecular formula is C24H25FN2O4S. The fourth-order valence-electron chi connectivity index (χ4n) is 4.00. The van der Waals surface area contributed by atoms with Crippen LogP contribution in [0.1, 0.15) is 18.4 Å². The molecule has 4 rings (SSSR count). The molecule has 0 bridgehead atoms. The summed E-state index contributed by atoms with van der Waals surface area (Å²) in [4.78, 5) is 12.3. The SMILES string of the molecule is COc1ccc2cc(CNC(=O)C3CCN(S(=O)(=O)c4ccccc4F)CC3)ccc2c1. The van der Waals surface area contributed by atoms with E-state index in [0.717, 1.165) is 28.2 Å². The van der Waals surface area contributed by atoms with Gasteiger partial charge in [-0.1, -0.05) is 30.3 Å². The number of rotatable bonds is 6. The van der Waals surface area contributed by atoms with Gasteiger partial charge in [0.05, 0.1) is 7.11 Å². The van der Waals surface area contributed by atoms with Gasteiger partial charge in [0.2, 0.25) is 15.9 Å². The van der Waals surface area contributed by atoms with Gasteiger partial charge in [-0.3, -0.25) is 4.79 Å². The third-order valence-electron chi connectivity index (χ3n) is 5.86. The van der Waals surface area contributed by atoms with E-state index in [1.807, 2.05) is 36.4 Å². The van der Waals surface area contributed by atoms with E-state index in [2.05, 4.69) is 5.32 Å². The zero-order chi connectivity index (χ0) is 22.7. The number of nitrogens with zero attached hydrogens (tertiary/aromatic N) is 1. The predicted octanol–water partition coefficient (Wildman–Crippen LogP) is 3.70. The van der Waals surface area contributed by atoms with Crippen molar-refractivity contribution in [3.05, 3.63) is 72.0 Å². The average Bonchev–Trinajstić information content (AvgIpc) is 2.82. The first kappa shape index (κ1) is 22.2. The molecule has 1 aliphatic heterocycles. The highest BCUT2D eigenvalue weighted by Crippen LogP contribution is 2.26. The van der Waals surface area contributed by atoms with Gasteiger partial charge in [0.1, 0.15) is 16.5 Å². The van der Waals surface area contributed by atoms with E-state index in [0.29, 0.717) is 19.4 Å². The summed E-state index contributed by atoms with van der Waals surface area (Å²) in [5, 5.41) is 5.08. The van der Waals surface area contributed by atoms with Crippen molar-refractivity contribution in [1.29, 1.82) is 0 Å². The van der Waals surface area contributed by atoms with E-state index in [1.165, 1.54) is 22.5 Å². The number of methoxy groups -OCH3 is 1. The molecule has 1 N–H and O–H groups in total. The number of fused-ring (bicyclic) bond motifs is 1. The van der Waals surface area contributed by atoms with Gasteiger partial charge in [0, 0.05) is 25.6 Å². The van der Waals surface area contributed by atoms with Crippen LogP contribution < -0.4 is 10.1 Å². The van der Waals surface area contributed by atoms with Crippen LogP contribution in [0.5, 0.6) is 5.75 Å². The first-order valence-corrected chi connectivity index (χ1v) is 11.9. The van der Waals surface area contributed by atoms with E-state index < -0.39 is 15.8 Å². The lowest BCUT2D eigenvalue weighted by atomic mass is 9.97. The Balaban J connectivity index is 1.34. The molecule has 1 aliphatic rings. The molecule has 0 atom stereocenters. The fraction of sp³-hybridized carbons (Fsp3) is 0.292. The zero-order valence-electron chi connectivity index (χ0n) is 17.8. The molecule has 0 unspecified atom stereocenters. The Hall–Kier alpha value is -2.97. The van der Waals surface area contributed by atoms with Crippen LogP contribution in [0.25, 0.3) is 10.8 Å². The van der Waals surface area contributed by atoms with Gasteiger partial charge in [0.25, 0.3) is 0 Å². The average molecular weight is 457 g/mol. The highest BCUT2D eigenvalue weighted by atomic mass is 32.2. The molecule has 0 aliphatic carbocycles. The quantitative estimate of drug-likeness (QED) is 0.614. The van der Waals surface area contributed by atoms with Crippen LogP contribution in [0.3, 0.4) is 0 Å². The molecule has 8 heteroatoms. The Morgan fingerprint density at radius 1 is 1.06 bits per heavy atom. The molecule has 1 amide bonds. The minimum atomic E-state index is -3.91. The van der Waals surface area contributed by atoms with Gasteiger partial charge < -0.3 is 10.1 Å². The number of benzene rings is 3.